The number of hydrogen-bond acceptors (Lipinski definition) is 5. The topological polar surface area (TPSA) is 113 Å². The minimum atomic E-state index is -0.469. The molecule has 0 bridgehead atoms. The maximum absolute atomic E-state index is 11.9. The lowest BCUT2D eigenvalue weighted by atomic mass is 10.1. The van der Waals surface area contributed by atoms with Crippen molar-refractivity contribution in [2.75, 3.05) is 5.75 Å². The Morgan fingerprint density at radius 1 is 1.38 bits per heavy atom. The zero-order valence-electron chi connectivity index (χ0n) is 12.9. The summed E-state index contributed by atoms with van der Waals surface area (Å²) in [5.41, 5.74) is 5.56. The van der Waals surface area contributed by atoms with Crippen LogP contribution in [0.3, 0.4) is 0 Å². The fourth-order valence-corrected chi connectivity index (χ4v) is 3.38. The molecule has 2 unspecified atom stereocenters. The third-order valence-electron chi connectivity index (χ3n) is 3.37. The van der Waals surface area contributed by atoms with Gasteiger partial charge in [0.25, 0.3) is 0 Å². The molecule has 2 atom stereocenters. The molecule has 1 aromatic rings. The van der Waals surface area contributed by atoms with E-state index in [0.717, 1.165) is 5.56 Å². The first-order valence-corrected chi connectivity index (χ1v) is 8.82. The van der Waals surface area contributed by atoms with Gasteiger partial charge in [-0.1, -0.05) is 29.8 Å². The van der Waals surface area contributed by atoms with Crippen LogP contribution in [0, 0.1) is 0 Å². The van der Waals surface area contributed by atoms with Crippen LogP contribution in [0.1, 0.15) is 18.4 Å². The maximum Gasteiger partial charge on any atom is 0.230 e. The van der Waals surface area contributed by atoms with Crippen molar-refractivity contribution < 1.29 is 14.4 Å². The number of benzene rings is 1. The minimum absolute atomic E-state index is 0.0865. The number of carbonyl (C=O) groups excluding carboxylic acids is 3. The van der Waals surface area contributed by atoms with Gasteiger partial charge in [0, 0.05) is 30.5 Å². The van der Waals surface area contributed by atoms with Crippen molar-refractivity contribution in [1.29, 1.82) is 0 Å². The third kappa shape index (κ3) is 6.03. The lowest BCUT2D eigenvalue weighted by Crippen LogP contribution is -2.55. The summed E-state index contributed by atoms with van der Waals surface area (Å²) in [5, 5.41) is 9.17. The molecule has 0 saturated carbocycles. The second-order valence-electron chi connectivity index (χ2n) is 5.36. The van der Waals surface area contributed by atoms with Gasteiger partial charge in [0.1, 0.15) is 5.50 Å². The highest BCUT2D eigenvalue weighted by atomic mass is 35.5. The van der Waals surface area contributed by atoms with E-state index in [1.54, 1.807) is 6.07 Å². The zero-order chi connectivity index (χ0) is 17.5. The highest BCUT2D eigenvalue weighted by Crippen LogP contribution is 2.15. The molecule has 9 heteroatoms. The molecule has 1 saturated heterocycles. The minimum Gasteiger partial charge on any atom is -0.370 e. The van der Waals surface area contributed by atoms with Crippen molar-refractivity contribution in [3.8, 4) is 0 Å². The molecular weight excluding hydrogens is 352 g/mol. The molecule has 2 rings (SSSR count). The van der Waals surface area contributed by atoms with Gasteiger partial charge in [-0.3, -0.25) is 19.7 Å². The normalized spacial score (nSPS) is 20.3. The number of primary amides is 1. The Kier molecular flexibility index (Phi) is 6.89. The molecule has 1 heterocycles. The van der Waals surface area contributed by atoms with Crippen LogP contribution in [0.2, 0.25) is 5.02 Å². The van der Waals surface area contributed by atoms with E-state index in [2.05, 4.69) is 16.0 Å². The van der Waals surface area contributed by atoms with Crippen molar-refractivity contribution in [1.82, 2.24) is 16.0 Å². The second kappa shape index (κ2) is 8.91. The number of amides is 3. The molecule has 7 nitrogen and oxygen atoms in total. The summed E-state index contributed by atoms with van der Waals surface area (Å²) in [5.74, 6) is -0.656. The van der Waals surface area contributed by atoms with E-state index in [9.17, 15) is 14.4 Å². The molecule has 1 fully saturated rings. The zero-order valence-corrected chi connectivity index (χ0v) is 14.5. The van der Waals surface area contributed by atoms with Gasteiger partial charge in [-0.25, -0.2) is 0 Å². The Bertz CT molecular complexity index is 626. The van der Waals surface area contributed by atoms with Crippen LogP contribution in [-0.4, -0.2) is 35.0 Å². The van der Waals surface area contributed by atoms with Crippen LogP contribution in [0.15, 0.2) is 24.3 Å². The van der Waals surface area contributed by atoms with E-state index in [1.165, 1.54) is 11.8 Å². The summed E-state index contributed by atoms with van der Waals surface area (Å²) in [7, 11) is 0. The van der Waals surface area contributed by atoms with Crippen LogP contribution in [0.25, 0.3) is 0 Å². The Morgan fingerprint density at radius 3 is 2.83 bits per heavy atom. The summed E-state index contributed by atoms with van der Waals surface area (Å²) in [6.07, 6.45) is 0.280. The Hall–Kier alpha value is -1.77. The molecule has 1 aromatic carbocycles. The first kappa shape index (κ1) is 18.6. The number of nitrogens with two attached hydrogens (primary N) is 1. The van der Waals surface area contributed by atoms with Gasteiger partial charge in [-0.2, -0.15) is 0 Å². The van der Waals surface area contributed by atoms with E-state index >= 15 is 0 Å². The fourth-order valence-electron chi connectivity index (χ4n) is 2.25. The number of rotatable bonds is 7. The van der Waals surface area contributed by atoms with Crippen molar-refractivity contribution in [2.45, 2.75) is 30.9 Å². The number of hydrogen-bond donors (Lipinski definition) is 4. The largest absolute Gasteiger partial charge is 0.370 e. The first-order chi connectivity index (χ1) is 11.4. The SMILES string of the molecule is NC(=O)CC1CC(=O)NC(SCC(=O)NCc2ccccc2Cl)N1. The monoisotopic (exact) mass is 370 g/mol. The highest BCUT2D eigenvalue weighted by Gasteiger charge is 2.27. The van der Waals surface area contributed by atoms with E-state index in [-0.39, 0.29) is 36.5 Å². The summed E-state index contributed by atoms with van der Waals surface area (Å²) in [4.78, 5) is 34.5. The summed E-state index contributed by atoms with van der Waals surface area (Å²) >= 11 is 7.27. The third-order valence-corrected chi connectivity index (χ3v) is 4.76. The van der Waals surface area contributed by atoms with Crippen molar-refractivity contribution in [3.05, 3.63) is 34.9 Å². The Labute approximate surface area is 149 Å². The Balaban J connectivity index is 1.75. The van der Waals surface area contributed by atoms with Crippen molar-refractivity contribution >= 4 is 41.1 Å². The fraction of sp³-hybridized carbons (Fsp3) is 0.400. The molecular formula is C15H19ClN4O3S. The van der Waals surface area contributed by atoms with Gasteiger partial charge in [-0.15, -0.1) is 11.8 Å². The lowest BCUT2D eigenvalue weighted by molar-refractivity contribution is -0.124. The average Bonchev–Trinajstić information content (AvgIpc) is 2.51. The average molecular weight is 371 g/mol. The highest BCUT2D eigenvalue weighted by molar-refractivity contribution is 8.00. The number of thioether (sulfide) groups is 1. The van der Waals surface area contributed by atoms with Gasteiger partial charge in [0.2, 0.25) is 17.7 Å². The van der Waals surface area contributed by atoms with E-state index in [4.69, 9.17) is 17.3 Å². The van der Waals surface area contributed by atoms with Crippen molar-refractivity contribution in [3.63, 3.8) is 0 Å². The summed E-state index contributed by atoms with van der Waals surface area (Å²) < 4.78 is 0. The van der Waals surface area contributed by atoms with Gasteiger partial charge >= 0.3 is 0 Å². The van der Waals surface area contributed by atoms with Crippen molar-refractivity contribution in [2.24, 2.45) is 5.73 Å². The molecule has 0 aliphatic carbocycles. The molecule has 130 valence electrons. The van der Waals surface area contributed by atoms with Crippen LogP contribution in [0.4, 0.5) is 0 Å². The van der Waals surface area contributed by atoms with Gasteiger partial charge in [0.05, 0.1) is 5.75 Å². The molecule has 0 radical (unpaired) electrons. The van der Waals surface area contributed by atoms with Crippen LogP contribution < -0.4 is 21.7 Å². The van der Waals surface area contributed by atoms with Crippen LogP contribution in [0.5, 0.6) is 0 Å². The first-order valence-electron chi connectivity index (χ1n) is 7.39. The van der Waals surface area contributed by atoms with Gasteiger partial charge < -0.3 is 16.4 Å². The summed E-state index contributed by atoms with van der Waals surface area (Å²) in [6.45, 7) is 0.341. The number of nitrogens with one attached hydrogen (secondary N) is 3. The Morgan fingerprint density at radius 2 is 2.12 bits per heavy atom. The number of carbonyl (C=O) groups is 3. The van der Waals surface area contributed by atoms with Gasteiger partial charge in [-0.05, 0) is 11.6 Å². The molecule has 1 aliphatic heterocycles. The molecule has 5 N–H and O–H groups in total. The van der Waals surface area contributed by atoms with E-state index < -0.39 is 11.4 Å². The quantitative estimate of drug-likeness (QED) is 0.552. The maximum atomic E-state index is 11.9. The molecule has 3 amide bonds. The van der Waals surface area contributed by atoms with Crippen LogP contribution >= 0.6 is 23.4 Å². The van der Waals surface area contributed by atoms with Crippen LogP contribution in [-0.2, 0) is 20.9 Å². The second-order valence-corrected chi connectivity index (χ2v) is 6.87. The molecule has 0 spiro atoms. The summed E-state index contributed by atoms with van der Waals surface area (Å²) in [6, 6.07) is 6.97. The lowest BCUT2D eigenvalue weighted by Gasteiger charge is -2.30. The predicted octanol–water partition coefficient (Wildman–Crippen LogP) is 0.327. The smallest absolute Gasteiger partial charge is 0.230 e. The van der Waals surface area contributed by atoms with Gasteiger partial charge in [0.15, 0.2) is 0 Å². The molecule has 1 aliphatic rings. The standard InChI is InChI=1S/C15H19ClN4O3S/c16-11-4-2-1-3-9(11)7-18-14(23)8-24-15-19-10(5-12(17)21)6-13(22)20-15/h1-4,10,15,19H,5-8H2,(H2,17,21)(H,18,23)(H,20,22). The molecule has 0 aromatic heterocycles. The number of halogens is 1. The predicted molar refractivity (Wildman–Crippen MR) is 93.0 cm³/mol. The van der Waals surface area contributed by atoms with E-state index in [1.807, 2.05) is 18.2 Å². The molecule has 24 heavy (non-hydrogen) atoms. The van der Waals surface area contributed by atoms with E-state index in [0.29, 0.717) is 11.6 Å².